The molecule has 1 aromatic heterocycles. The third-order valence-corrected chi connectivity index (χ3v) is 3.21. The summed E-state index contributed by atoms with van der Waals surface area (Å²) in [5.74, 6) is 6.07. The molecule has 0 aliphatic heterocycles. The minimum absolute atomic E-state index is 0.248. The number of aryl methyl sites for hydroxylation is 2. The lowest BCUT2D eigenvalue weighted by Crippen LogP contribution is -2.13. The second-order valence-corrected chi connectivity index (χ2v) is 4.91. The maximum Gasteiger partial charge on any atom is 0.258 e. The Hall–Kier alpha value is -2.23. The molecule has 0 atom stereocenters. The molecule has 6 heteroatoms. The molecule has 2 aromatic rings. The van der Waals surface area contributed by atoms with Gasteiger partial charge in [-0.2, -0.15) is 4.37 Å². The summed E-state index contributed by atoms with van der Waals surface area (Å²) >= 11 is 1.15. The van der Waals surface area contributed by atoms with Crippen LogP contribution >= 0.6 is 11.5 Å². The van der Waals surface area contributed by atoms with E-state index in [1.165, 1.54) is 0 Å². The number of benzene rings is 1. The van der Waals surface area contributed by atoms with Gasteiger partial charge in [0.05, 0.1) is 12.1 Å². The van der Waals surface area contributed by atoms with Crippen LogP contribution in [-0.4, -0.2) is 21.8 Å². The zero-order valence-corrected chi connectivity index (χ0v) is 12.0. The summed E-state index contributed by atoms with van der Waals surface area (Å²) in [6.45, 7) is 3.98. The SMILES string of the molecule is Cc1ccc(C(=O)Nc2nc(C)ns2)c(C#CCN)c1. The first-order valence-electron chi connectivity index (χ1n) is 6.01. The number of carbonyl (C=O) groups excluding carboxylic acids is 1. The Bertz CT molecular complexity index is 697. The summed E-state index contributed by atoms with van der Waals surface area (Å²) in [7, 11) is 0. The van der Waals surface area contributed by atoms with Crippen LogP contribution in [0.25, 0.3) is 0 Å². The fraction of sp³-hybridized carbons (Fsp3) is 0.214. The van der Waals surface area contributed by atoms with Crippen molar-refractivity contribution in [3.05, 3.63) is 40.7 Å². The molecule has 0 bridgehead atoms. The molecule has 0 spiro atoms. The molecule has 1 heterocycles. The number of anilines is 1. The number of hydrogen-bond acceptors (Lipinski definition) is 5. The number of nitrogens with zero attached hydrogens (tertiary/aromatic N) is 2. The van der Waals surface area contributed by atoms with Gasteiger partial charge in [-0.15, -0.1) is 0 Å². The van der Waals surface area contributed by atoms with Crippen LogP contribution in [0, 0.1) is 25.7 Å². The molecule has 0 aliphatic rings. The first kappa shape index (κ1) is 14.2. The molecule has 0 unspecified atom stereocenters. The van der Waals surface area contributed by atoms with Gasteiger partial charge in [0.1, 0.15) is 5.82 Å². The first-order chi connectivity index (χ1) is 9.60. The Morgan fingerprint density at radius 2 is 2.25 bits per heavy atom. The molecule has 1 aromatic carbocycles. The second-order valence-electron chi connectivity index (χ2n) is 4.16. The van der Waals surface area contributed by atoms with Crippen molar-refractivity contribution in [1.82, 2.24) is 9.36 Å². The van der Waals surface area contributed by atoms with Crippen molar-refractivity contribution in [2.45, 2.75) is 13.8 Å². The number of amides is 1. The quantitative estimate of drug-likeness (QED) is 0.824. The van der Waals surface area contributed by atoms with Crippen LogP contribution in [0.5, 0.6) is 0 Å². The van der Waals surface area contributed by atoms with Gasteiger partial charge in [-0.3, -0.25) is 10.1 Å². The Labute approximate surface area is 121 Å². The Balaban J connectivity index is 2.29. The lowest BCUT2D eigenvalue weighted by Gasteiger charge is -2.05. The van der Waals surface area contributed by atoms with Gasteiger partial charge in [-0.25, -0.2) is 4.98 Å². The molecule has 102 valence electrons. The second kappa shape index (κ2) is 6.28. The highest BCUT2D eigenvalue weighted by molar-refractivity contribution is 7.09. The monoisotopic (exact) mass is 286 g/mol. The van der Waals surface area contributed by atoms with Crippen molar-refractivity contribution in [1.29, 1.82) is 0 Å². The average molecular weight is 286 g/mol. The van der Waals surface area contributed by atoms with E-state index in [1.807, 2.05) is 19.1 Å². The van der Waals surface area contributed by atoms with E-state index in [1.54, 1.807) is 13.0 Å². The molecule has 5 nitrogen and oxygen atoms in total. The zero-order chi connectivity index (χ0) is 14.5. The van der Waals surface area contributed by atoms with Crippen molar-refractivity contribution in [2.75, 3.05) is 11.9 Å². The van der Waals surface area contributed by atoms with Crippen molar-refractivity contribution in [3.8, 4) is 11.8 Å². The van der Waals surface area contributed by atoms with Crippen LogP contribution in [-0.2, 0) is 0 Å². The molecule has 1 amide bonds. The van der Waals surface area contributed by atoms with Gasteiger partial charge < -0.3 is 5.73 Å². The van der Waals surface area contributed by atoms with Crippen molar-refractivity contribution < 1.29 is 4.79 Å². The van der Waals surface area contributed by atoms with Crippen LogP contribution < -0.4 is 11.1 Å². The fourth-order valence-corrected chi connectivity index (χ4v) is 2.19. The van der Waals surface area contributed by atoms with E-state index >= 15 is 0 Å². The van der Waals surface area contributed by atoms with Gasteiger partial charge in [0.15, 0.2) is 0 Å². The van der Waals surface area contributed by atoms with Crippen molar-refractivity contribution in [2.24, 2.45) is 5.73 Å². The van der Waals surface area contributed by atoms with E-state index < -0.39 is 0 Å². The predicted octanol–water partition coefficient (Wildman–Crippen LogP) is 1.72. The van der Waals surface area contributed by atoms with Crippen LogP contribution in [0.3, 0.4) is 0 Å². The maximum absolute atomic E-state index is 12.2. The van der Waals surface area contributed by atoms with E-state index in [4.69, 9.17) is 5.73 Å². The third-order valence-electron chi connectivity index (χ3n) is 2.49. The molecule has 2 rings (SSSR count). The Morgan fingerprint density at radius 3 is 2.90 bits per heavy atom. The van der Waals surface area contributed by atoms with E-state index in [0.717, 1.165) is 17.1 Å². The lowest BCUT2D eigenvalue weighted by atomic mass is 10.0. The van der Waals surface area contributed by atoms with Crippen LogP contribution in [0.2, 0.25) is 0 Å². The van der Waals surface area contributed by atoms with Crippen LogP contribution in [0.15, 0.2) is 18.2 Å². The summed E-state index contributed by atoms with van der Waals surface area (Å²) in [6.07, 6.45) is 0. The molecular weight excluding hydrogens is 272 g/mol. The molecule has 0 radical (unpaired) electrons. The van der Waals surface area contributed by atoms with Gasteiger partial charge in [-0.1, -0.05) is 17.9 Å². The molecule has 0 saturated heterocycles. The Kier molecular flexibility index (Phi) is 4.45. The molecule has 3 N–H and O–H groups in total. The number of hydrogen-bond donors (Lipinski definition) is 2. The molecule has 0 saturated carbocycles. The number of nitrogens with two attached hydrogens (primary N) is 1. The van der Waals surface area contributed by atoms with Crippen LogP contribution in [0.1, 0.15) is 27.3 Å². The topological polar surface area (TPSA) is 80.9 Å². The Morgan fingerprint density at radius 1 is 1.45 bits per heavy atom. The van der Waals surface area contributed by atoms with E-state index in [9.17, 15) is 4.79 Å². The summed E-state index contributed by atoms with van der Waals surface area (Å²) in [5, 5.41) is 3.20. The van der Waals surface area contributed by atoms with Crippen LogP contribution in [0.4, 0.5) is 5.13 Å². The fourth-order valence-electron chi connectivity index (χ4n) is 1.62. The van der Waals surface area contributed by atoms with Gasteiger partial charge in [0.25, 0.3) is 5.91 Å². The molecule has 0 aliphatic carbocycles. The summed E-state index contributed by atoms with van der Waals surface area (Å²) in [6, 6.07) is 5.48. The maximum atomic E-state index is 12.2. The lowest BCUT2D eigenvalue weighted by molar-refractivity contribution is 0.102. The summed E-state index contributed by atoms with van der Waals surface area (Å²) in [4.78, 5) is 16.4. The largest absolute Gasteiger partial charge is 0.320 e. The molecule has 20 heavy (non-hydrogen) atoms. The highest BCUT2D eigenvalue weighted by Crippen LogP contribution is 2.15. The summed E-state index contributed by atoms with van der Waals surface area (Å²) in [5.41, 5.74) is 7.58. The van der Waals surface area contributed by atoms with Gasteiger partial charge in [-0.05, 0) is 31.5 Å². The van der Waals surface area contributed by atoms with Gasteiger partial charge in [0.2, 0.25) is 5.13 Å². The standard InChI is InChI=1S/C14H14N4OS/c1-9-5-6-12(11(8-9)4-3-7-15)13(19)17-14-16-10(2)18-20-14/h5-6,8H,7,15H2,1-2H3,(H,16,17,18,19). The minimum Gasteiger partial charge on any atom is -0.320 e. The highest BCUT2D eigenvalue weighted by Gasteiger charge is 2.12. The minimum atomic E-state index is -0.248. The van der Waals surface area contributed by atoms with Gasteiger partial charge >= 0.3 is 0 Å². The predicted molar refractivity (Wildman–Crippen MR) is 79.7 cm³/mol. The normalized spacial score (nSPS) is 9.75. The smallest absolute Gasteiger partial charge is 0.258 e. The van der Waals surface area contributed by atoms with Crippen molar-refractivity contribution in [3.63, 3.8) is 0 Å². The zero-order valence-electron chi connectivity index (χ0n) is 11.2. The van der Waals surface area contributed by atoms with Gasteiger partial charge in [0, 0.05) is 17.1 Å². The number of nitrogens with one attached hydrogen (secondary N) is 1. The average Bonchev–Trinajstić information content (AvgIpc) is 2.81. The van der Waals surface area contributed by atoms with Crippen molar-refractivity contribution >= 4 is 22.6 Å². The van der Waals surface area contributed by atoms with E-state index in [-0.39, 0.29) is 12.5 Å². The number of rotatable bonds is 2. The number of carbonyl (C=O) groups is 1. The highest BCUT2D eigenvalue weighted by atomic mass is 32.1. The molecule has 0 fully saturated rings. The van der Waals surface area contributed by atoms with E-state index in [0.29, 0.717) is 22.1 Å². The number of aromatic nitrogens is 2. The first-order valence-corrected chi connectivity index (χ1v) is 6.78. The third kappa shape index (κ3) is 3.41. The molecular formula is C14H14N4OS. The summed E-state index contributed by atoms with van der Waals surface area (Å²) < 4.78 is 4.02. The van der Waals surface area contributed by atoms with E-state index in [2.05, 4.69) is 26.5 Å².